The summed E-state index contributed by atoms with van der Waals surface area (Å²) in [7, 11) is 0. The Morgan fingerprint density at radius 3 is 2.69 bits per heavy atom. The van der Waals surface area contributed by atoms with Crippen molar-refractivity contribution in [1.29, 1.82) is 0 Å². The maximum Gasteiger partial charge on any atom is 0.229 e. The second kappa shape index (κ2) is 10.5. The lowest BCUT2D eigenvalue weighted by Crippen LogP contribution is -2.40. The van der Waals surface area contributed by atoms with E-state index in [4.69, 9.17) is 0 Å². The number of allylic oxidation sites excluding steroid dienone is 8. The molecule has 2 aromatic rings. The van der Waals surface area contributed by atoms with E-state index in [-0.39, 0.29) is 24.0 Å². The van der Waals surface area contributed by atoms with Gasteiger partial charge in [0.15, 0.2) is 0 Å². The van der Waals surface area contributed by atoms with Gasteiger partial charge in [-0.05, 0) is 79.6 Å². The number of nitrogens with zero attached hydrogens (tertiary/aromatic N) is 2. The molecule has 1 unspecified atom stereocenters. The maximum absolute atomic E-state index is 13.8. The van der Waals surface area contributed by atoms with Crippen LogP contribution in [0.3, 0.4) is 0 Å². The van der Waals surface area contributed by atoms with Gasteiger partial charge in [0.05, 0.1) is 17.4 Å². The number of aryl methyl sites for hydroxylation is 1. The predicted molar refractivity (Wildman–Crippen MR) is 144 cm³/mol. The molecule has 0 N–H and O–H groups in total. The van der Waals surface area contributed by atoms with Crippen molar-refractivity contribution >= 4 is 29.0 Å². The molecule has 1 amide bonds. The molecule has 0 spiro atoms. The largest absolute Gasteiger partial charge is 0.339 e. The topological polar surface area (TPSA) is 23.6 Å². The van der Waals surface area contributed by atoms with Gasteiger partial charge in [-0.15, -0.1) is 0 Å². The number of amides is 1. The molecule has 2 aliphatic carbocycles. The lowest BCUT2D eigenvalue weighted by molar-refractivity contribution is -0.118. The Kier molecular flexibility index (Phi) is 7.05. The van der Waals surface area contributed by atoms with Gasteiger partial charge in [-0.25, -0.2) is 8.78 Å². The molecule has 3 aliphatic rings. The molecule has 3 nitrogen and oxygen atoms in total. The van der Waals surface area contributed by atoms with Crippen LogP contribution in [0.1, 0.15) is 18.4 Å². The third-order valence-corrected chi connectivity index (χ3v) is 7.35. The molecule has 1 aliphatic heterocycles. The number of rotatable bonds is 5. The minimum Gasteiger partial charge on any atom is -0.339 e. The number of carbonyl (C=O) groups is 1. The van der Waals surface area contributed by atoms with Crippen LogP contribution in [0.2, 0.25) is 0 Å². The third-order valence-electron chi connectivity index (χ3n) is 6.22. The van der Waals surface area contributed by atoms with Crippen LogP contribution in [0.5, 0.6) is 0 Å². The van der Waals surface area contributed by atoms with Crippen molar-refractivity contribution in [3.05, 3.63) is 125 Å². The first kappa shape index (κ1) is 24.1. The zero-order chi connectivity index (χ0) is 25.1. The summed E-state index contributed by atoms with van der Waals surface area (Å²) in [6.07, 6.45) is 17.3. The van der Waals surface area contributed by atoms with E-state index in [0.29, 0.717) is 12.2 Å². The van der Waals surface area contributed by atoms with Crippen molar-refractivity contribution in [2.45, 2.75) is 30.7 Å². The second-order valence-electron chi connectivity index (χ2n) is 8.79. The lowest BCUT2D eigenvalue weighted by Gasteiger charge is -2.34. The van der Waals surface area contributed by atoms with E-state index >= 15 is 0 Å². The third kappa shape index (κ3) is 5.14. The fourth-order valence-electron chi connectivity index (χ4n) is 4.48. The first-order chi connectivity index (χ1) is 17.5. The van der Waals surface area contributed by atoms with Gasteiger partial charge in [0.1, 0.15) is 11.6 Å². The molecule has 0 bridgehead atoms. The minimum atomic E-state index is -0.491. The highest BCUT2D eigenvalue weighted by Crippen LogP contribution is 2.45. The quantitative estimate of drug-likeness (QED) is 0.424. The van der Waals surface area contributed by atoms with E-state index in [1.165, 1.54) is 24.3 Å². The van der Waals surface area contributed by atoms with E-state index in [2.05, 4.69) is 54.3 Å². The second-order valence-corrected chi connectivity index (χ2v) is 9.87. The van der Waals surface area contributed by atoms with Crippen molar-refractivity contribution in [1.82, 2.24) is 0 Å². The number of carbonyl (C=O) groups excluding carboxylic acids is 1. The molecule has 5 rings (SSSR count). The number of halogens is 2. The number of hydrogen-bond donors (Lipinski definition) is 0. The van der Waals surface area contributed by atoms with Gasteiger partial charge in [0, 0.05) is 28.5 Å². The van der Waals surface area contributed by atoms with E-state index < -0.39 is 6.04 Å². The van der Waals surface area contributed by atoms with Crippen molar-refractivity contribution in [3.8, 4) is 0 Å². The number of benzene rings is 2. The number of thioether (sulfide) groups is 1. The highest BCUT2D eigenvalue weighted by Gasteiger charge is 2.27. The lowest BCUT2D eigenvalue weighted by atomic mass is 10.1. The summed E-state index contributed by atoms with van der Waals surface area (Å²) in [6, 6.07) is 11.7. The highest BCUT2D eigenvalue weighted by atomic mass is 32.2. The summed E-state index contributed by atoms with van der Waals surface area (Å²) in [5, 5.41) is 0. The Bertz CT molecular complexity index is 1350. The molecule has 0 fully saturated rings. The van der Waals surface area contributed by atoms with E-state index in [9.17, 15) is 13.6 Å². The number of hydrogen-bond acceptors (Lipinski definition) is 3. The van der Waals surface area contributed by atoms with Gasteiger partial charge in [-0.3, -0.25) is 4.79 Å². The average molecular weight is 501 g/mol. The van der Waals surface area contributed by atoms with Gasteiger partial charge < -0.3 is 9.80 Å². The maximum atomic E-state index is 13.8. The van der Waals surface area contributed by atoms with Crippen molar-refractivity contribution in [3.63, 3.8) is 0 Å². The SMILES string of the molecule is Cc1ccc2c(c1)N(CCC(=O)N(c1ccc(F)cc1)C1C=CC=C(F)C=C1)C1=C(C=CCC=C1)S2. The fraction of sp³-hybridized carbons (Fsp3) is 0.167. The molecule has 0 saturated carbocycles. The fourth-order valence-corrected chi connectivity index (χ4v) is 5.57. The van der Waals surface area contributed by atoms with Crippen LogP contribution in [-0.2, 0) is 4.79 Å². The summed E-state index contributed by atoms with van der Waals surface area (Å²) in [4.78, 5) is 19.9. The van der Waals surface area contributed by atoms with E-state index in [1.54, 1.807) is 47.0 Å². The summed E-state index contributed by atoms with van der Waals surface area (Å²) in [6.45, 7) is 2.53. The first-order valence-electron chi connectivity index (χ1n) is 11.9. The summed E-state index contributed by atoms with van der Waals surface area (Å²) in [5.74, 6) is -0.895. The predicted octanol–water partition coefficient (Wildman–Crippen LogP) is 7.55. The summed E-state index contributed by atoms with van der Waals surface area (Å²) >= 11 is 1.74. The molecule has 2 aromatic carbocycles. The van der Waals surface area contributed by atoms with Crippen LogP contribution in [0.25, 0.3) is 0 Å². The molecule has 36 heavy (non-hydrogen) atoms. The van der Waals surface area contributed by atoms with Gasteiger partial charge in [-0.2, -0.15) is 0 Å². The molecule has 0 saturated heterocycles. The number of fused-ring (bicyclic) bond motifs is 1. The van der Waals surface area contributed by atoms with Gasteiger partial charge in [0.2, 0.25) is 5.91 Å². The van der Waals surface area contributed by atoms with Crippen molar-refractivity contribution in [2.75, 3.05) is 16.3 Å². The molecule has 6 heteroatoms. The Labute approximate surface area is 214 Å². The van der Waals surface area contributed by atoms with Crippen molar-refractivity contribution < 1.29 is 13.6 Å². The molecule has 1 heterocycles. The van der Waals surface area contributed by atoms with Crippen LogP contribution in [0.4, 0.5) is 20.2 Å². The molecule has 0 aromatic heterocycles. The number of anilines is 2. The monoisotopic (exact) mass is 500 g/mol. The smallest absolute Gasteiger partial charge is 0.229 e. The highest BCUT2D eigenvalue weighted by molar-refractivity contribution is 8.03. The average Bonchev–Trinajstić information content (AvgIpc) is 3.23. The molecule has 1 atom stereocenters. The van der Waals surface area contributed by atoms with Crippen LogP contribution in [0, 0.1) is 12.7 Å². The molecule has 0 radical (unpaired) electrons. The van der Waals surface area contributed by atoms with Gasteiger partial charge >= 0.3 is 0 Å². The normalized spacial score (nSPS) is 18.4. The zero-order valence-corrected chi connectivity index (χ0v) is 20.7. The zero-order valence-electron chi connectivity index (χ0n) is 19.9. The van der Waals surface area contributed by atoms with Gasteiger partial charge in [0.25, 0.3) is 0 Å². The Morgan fingerprint density at radius 1 is 1.06 bits per heavy atom. The Balaban J connectivity index is 1.46. The van der Waals surface area contributed by atoms with E-state index in [0.717, 1.165) is 33.2 Å². The van der Waals surface area contributed by atoms with Crippen LogP contribution >= 0.6 is 11.8 Å². The van der Waals surface area contributed by atoms with E-state index in [1.807, 2.05) is 0 Å². The molecular formula is C30H26F2N2OS. The molecular weight excluding hydrogens is 474 g/mol. The minimum absolute atomic E-state index is 0.133. The molecule has 182 valence electrons. The van der Waals surface area contributed by atoms with Crippen LogP contribution in [0.15, 0.2) is 118 Å². The van der Waals surface area contributed by atoms with Crippen LogP contribution in [-0.4, -0.2) is 18.5 Å². The van der Waals surface area contributed by atoms with Crippen molar-refractivity contribution in [2.24, 2.45) is 0 Å². The summed E-state index contributed by atoms with van der Waals surface area (Å²) in [5.41, 5.74) is 3.87. The Hall–Kier alpha value is -3.64. The standard InChI is InChI=1S/C30H26F2N2OS/c1-21-10-17-29-27(20-21)33(26-8-3-2-4-9-28(26)36-29)19-18-30(35)34(25-15-12-23(32)13-16-25)24-7-5-6-22(31)11-14-24/h3-17,20,24H,2,18-19H2,1H3. The van der Waals surface area contributed by atoms with Gasteiger partial charge in [-0.1, -0.05) is 48.2 Å². The van der Waals surface area contributed by atoms with Crippen LogP contribution < -0.4 is 9.80 Å². The first-order valence-corrected chi connectivity index (χ1v) is 12.7. The summed E-state index contributed by atoms with van der Waals surface area (Å²) < 4.78 is 27.5. The Morgan fingerprint density at radius 2 is 1.86 bits per heavy atom.